The molecule has 0 fully saturated rings. The standard InChI is InChI=1S/C17H18OSi/c1-3-18-19(2)17-15-10-6-4-8-13(15)12-14-9-5-7-11-16(14)17/h4-12,19H,3H2,1-2H3. The molecule has 0 radical (unpaired) electrons. The van der Waals surface area contributed by atoms with Gasteiger partial charge in [0.15, 0.2) is 0 Å². The third-order valence-electron chi connectivity index (χ3n) is 3.64. The van der Waals surface area contributed by atoms with Crippen molar-refractivity contribution in [3.8, 4) is 0 Å². The van der Waals surface area contributed by atoms with E-state index < -0.39 is 9.04 Å². The fourth-order valence-electron chi connectivity index (χ4n) is 2.82. The second-order valence-corrected chi connectivity index (χ2v) is 7.03. The van der Waals surface area contributed by atoms with Crippen molar-refractivity contribution in [1.82, 2.24) is 0 Å². The van der Waals surface area contributed by atoms with Crippen LogP contribution in [0.1, 0.15) is 6.92 Å². The second-order valence-electron chi connectivity index (χ2n) is 4.83. The first kappa shape index (κ1) is 12.4. The molecule has 0 aliphatic rings. The van der Waals surface area contributed by atoms with Crippen LogP contribution in [0.4, 0.5) is 0 Å². The summed E-state index contributed by atoms with van der Waals surface area (Å²) in [6, 6.07) is 19.6. The molecular formula is C17H18OSi. The first-order valence-electron chi connectivity index (χ1n) is 6.83. The lowest BCUT2D eigenvalue weighted by Crippen LogP contribution is -2.31. The molecule has 1 unspecified atom stereocenters. The Morgan fingerprint density at radius 3 is 1.95 bits per heavy atom. The Labute approximate surface area is 115 Å². The number of rotatable bonds is 3. The molecule has 0 heterocycles. The Kier molecular flexibility index (Phi) is 3.36. The first-order chi connectivity index (χ1) is 9.31. The van der Waals surface area contributed by atoms with Gasteiger partial charge in [-0.2, -0.15) is 0 Å². The number of benzene rings is 3. The van der Waals surface area contributed by atoms with Gasteiger partial charge in [0.1, 0.15) is 0 Å². The van der Waals surface area contributed by atoms with Gasteiger partial charge < -0.3 is 4.43 Å². The first-order valence-corrected chi connectivity index (χ1v) is 9.03. The van der Waals surface area contributed by atoms with E-state index in [2.05, 4.69) is 68.1 Å². The van der Waals surface area contributed by atoms with Crippen molar-refractivity contribution in [3.05, 3.63) is 54.6 Å². The lowest BCUT2D eigenvalue weighted by molar-refractivity contribution is 0.354. The van der Waals surface area contributed by atoms with Crippen LogP contribution in [0.25, 0.3) is 21.5 Å². The van der Waals surface area contributed by atoms with E-state index in [0.29, 0.717) is 0 Å². The van der Waals surface area contributed by atoms with Crippen LogP contribution in [-0.4, -0.2) is 15.6 Å². The van der Waals surface area contributed by atoms with Crippen molar-refractivity contribution in [3.63, 3.8) is 0 Å². The second kappa shape index (κ2) is 5.15. The van der Waals surface area contributed by atoms with E-state index in [0.717, 1.165) is 6.61 Å². The highest BCUT2D eigenvalue weighted by atomic mass is 28.3. The van der Waals surface area contributed by atoms with Gasteiger partial charge in [-0.15, -0.1) is 0 Å². The fourth-order valence-corrected chi connectivity index (χ4v) is 4.89. The van der Waals surface area contributed by atoms with Crippen LogP contribution >= 0.6 is 0 Å². The van der Waals surface area contributed by atoms with E-state index >= 15 is 0 Å². The van der Waals surface area contributed by atoms with Crippen LogP contribution < -0.4 is 5.19 Å². The lowest BCUT2D eigenvalue weighted by Gasteiger charge is -2.16. The summed E-state index contributed by atoms with van der Waals surface area (Å²) >= 11 is 0. The molecule has 0 N–H and O–H groups in total. The minimum atomic E-state index is -1.36. The minimum Gasteiger partial charge on any atom is -0.416 e. The maximum atomic E-state index is 5.98. The molecule has 2 heteroatoms. The Morgan fingerprint density at radius 1 is 0.895 bits per heavy atom. The molecule has 0 aliphatic heterocycles. The molecule has 96 valence electrons. The molecule has 3 aromatic rings. The summed E-state index contributed by atoms with van der Waals surface area (Å²) in [5, 5.41) is 6.78. The molecule has 0 saturated carbocycles. The van der Waals surface area contributed by atoms with Gasteiger partial charge in [0.25, 0.3) is 0 Å². The Balaban J connectivity index is 2.39. The molecule has 0 bridgehead atoms. The van der Waals surface area contributed by atoms with E-state index in [1.54, 1.807) is 0 Å². The van der Waals surface area contributed by atoms with Crippen molar-refractivity contribution >= 4 is 35.8 Å². The van der Waals surface area contributed by atoms with Gasteiger partial charge in [-0.1, -0.05) is 48.5 Å². The van der Waals surface area contributed by atoms with Gasteiger partial charge in [0.05, 0.1) is 0 Å². The molecule has 0 aliphatic carbocycles. The van der Waals surface area contributed by atoms with Crippen LogP contribution in [0, 0.1) is 0 Å². The summed E-state index contributed by atoms with van der Waals surface area (Å²) in [4.78, 5) is 0. The molecule has 0 aromatic heterocycles. The highest BCUT2D eigenvalue weighted by Gasteiger charge is 2.15. The normalized spacial score (nSPS) is 12.9. The molecule has 3 rings (SSSR count). The van der Waals surface area contributed by atoms with Crippen molar-refractivity contribution in [2.24, 2.45) is 0 Å². The maximum absolute atomic E-state index is 5.98. The van der Waals surface area contributed by atoms with Gasteiger partial charge in [0.2, 0.25) is 9.04 Å². The van der Waals surface area contributed by atoms with E-state index in [4.69, 9.17) is 4.43 Å². The van der Waals surface area contributed by atoms with Crippen LogP contribution in [0.5, 0.6) is 0 Å². The molecule has 0 spiro atoms. The molecule has 0 amide bonds. The highest BCUT2D eigenvalue weighted by molar-refractivity contribution is 6.71. The Hall–Kier alpha value is -1.64. The fraction of sp³-hybridized carbons (Fsp3) is 0.176. The van der Waals surface area contributed by atoms with E-state index in [9.17, 15) is 0 Å². The quantitative estimate of drug-likeness (QED) is 0.520. The van der Waals surface area contributed by atoms with Crippen molar-refractivity contribution in [1.29, 1.82) is 0 Å². The Bertz CT molecular complexity index is 667. The molecule has 0 saturated heterocycles. The van der Waals surface area contributed by atoms with Crippen LogP contribution in [-0.2, 0) is 4.43 Å². The molecule has 1 nitrogen and oxygen atoms in total. The minimum absolute atomic E-state index is 0.797. The SMILES string of the molecule is CCO[SiH](C)c1c2ccccc2cc2ccccc12. The maximum Gasteiger partial charge on any atom is 0.206 e. The molecular weight excluding hydrogens is 248 g/mol. The van der Waals surface area contributed by atoms with E-state index in [-0.39, 0.29) is 0 Å². The van der Waals surface area contributed by atoms with Crippen molar-refractivity contribution in [2.45, 2.75) is 13.5 Å². The monoisotopic (exact) mass is 266 g/mol. The summed E-state index contributed by atoms with van der Waals surface area (Å²) in [5.74, 6) is 0. The van der Waals surface area contributed by atoms with Crippen LogP contribution in [0.2, 0.25) is 6.55 Å². The number of hydrogen-bond acceptors (Lipinski definition) is 1. The number of fused-ring (bicyclic) bond motifs is 2. The molecule has 1 atom stereocenters. The number of hydrogen-bond donors (Lipinski definition) is 0. The average Bonchev–Trinajstić information content (AvgIpc) is 2.44. The van der Waals surface area contributed by atoms with E-state index in [1.807, 2.05) is 0 Å². The summed E-state index contributed by atoms with van der Waals surface area (Å²) in [6.45, 7) is 5.15. The summed E-state index contributed by atoms with van der Waals surface area (Å²) in [7, 11) is -1.36. The van der Waals surface area contributed by atoms with E-state index in [1.165, 1.54) is 26.7 Å². The van der Waals surface area contributed by atoms with Gasteiger partial charge >= 0.3 is 0 Å². The summed E-state index contributed by atoms with van der Waals surface area (Å²) in [5.41, 5.74) is 0. The molecule has 19 heavy (non-hydrogen) atoms. The third kappa shape index (κ3) is 2.18. The zero-order chi connectivity index (χ0) is 13.2. The van der Waals surface area contributed by atoms with Crippen molar-refractivity contribution < 1.29 is 4.43 Å². The average molecular weight is 266 g/mol. The van der Waals surface area contributed by atoms with Crippen LogP contribution in [0.3, 0.4) is 0 Å². The predicted octanol–water partition coefficient (Wildman–Crippen LogP) is 3.59. The zero-order valence-electron chi connectivity index (χ0n) is 11.4. The van der Waals surface area contributed by atoms with Gasteiger partial charge in [0, 0.05) is 6.61 Å². The topological polar surface area (TPSA) is 9.23 Å². The Morgan fingerprint density at radius 2 is 1.42 bits per heavy atom. The largest absolute Gasteiger partial charge is 0.416 e. The highest BCUT2D eigenvalue weighted by Crippen LogP contribution is 2.21. The summed E-state index contributed by atoms with van der Waals surface area (Å²) < 4.78 is 5.98. The van der Waals surface area contributed by atoms with Gasteiger partial charge in [-0.25, -0.2) is 0 Å². The smallest absolute Gasteiger partial charge is 0.206 e. The third-order valence-corrected chi connectivity index (χ3v) is 5.90. The predicted molar refractivity (Wildman–Crippen MR) is 85.7 cm³/mol. The lowest BCUT2D eigenvalue weighted by atomic mass is 10.0. The van der Waals surface area contributed by atoms with Gasteiger partial charge in [-0.05, 0) is 46.3 Å². The van der Waals surface area contributed by atoms with Gasteiger partial charge in [-0.3, -0.25) is 0 Å². The van der Waals surface area contributed by atoms with Crippen molar-refractivity contribution in [2.75, 3.05) is 6.61 Å². The zero-order valence-corrected chi connectivity index (χ0v) is 12.5. The summed E-state index contributed by atoms with van der Waals surface area (Å²) in [6.07, 6.45) is 0. The van der Waals surface area contributed by atoms with Crippen LogP contribution in [0.15, 0.2) is 54.6 Å². The molecule has 3 aromatic carbocycles.